The van der Waals surface area contributed by atoms with E-state index in [-0.39, 0.29) is 19.1 Å². The maximum Gasteiger partial charge on any atom is 0.241 e. The summed E-state index contributed by atoms with van der Waals surface area (Å²) in [5.74, 6) is -0.0599. The molecule has 4 N–H and O–H groups in total. The van der Waals surface area contributed by atoms with Gasteiger partial charge in [0, 0.05) is 19.3 Å². The molecule has 0 spiro atoms. The molecule has 1 heterocycles. The molecule has 1 rings (SSSR count). The second-order valence-corrected chi connectivity index (χ2v) is 3.96. The molecule has 96 valence electrons. The number of nitrogens with two attached hydrogens (primary N) is 1. The van der Waals surface area contributed by atoms with Crippen molar-refractivity contribution in [1.82, 2.24) is 15.1 Å². The largest absolute Gasteiger partial charge is 0.396 e. The van der Waals surface area contributed by atoms with Crippen LogP contribution in [-0.2, 0) is 11.3 Å². The van der Waals surface area contributed by atoms with Gasteiger partial charge in [0.25, 0.3) is 0 Å². The van der Waals surface area contributed by atoms with Crippen LogP contribution in [0.2, 0.25) is 0 Å². The Hall–Kier alpha value is -1.56. The monoisotopic (exact) mass is 240 g/mol. The molecule has 0 saturated heterocycles. The van der Waals surface area contributed by atoms with Crippen molar-refractivity contribution in [3.8, 4) is 0 Å². The van der Waals surface area contributed by atoms with Crippen molar-refractivity contribution >= 4 is 11.6 Å². The van der Waals surface area contributed by atoms with Gasteiger partial charge in [0.2, 0.25) is 5.91 Å². The van der Waals surface area contributed by atoms with Crippen molar-refractivity contribution in [3.05, 3.63) is 12.4 Å². The first-order valence-corrected chi connectivity index (χ1v) is 5.88. The summed E-state index contributed by atoms with van der Waals surface area (Å²) in [7, 11) is 0. The molecule has 0 aliphatic rings. The zero-order chi connectivity index (χ0) is 12.5. The van der Waals surface area contributed by atoms with Crippen LogP contribution in [0.1, 0.15) is 25.7 Å². The number of nitrogen functional groups attached to an aromatic ring is 1. The van der Waals surface area contributed by atoms with Gasteiger partial charge >= 0.3 is 0 Å². The minimum absolute atomic E-state index is 0.0599. The first-order chi connectivity index (χ1) is 8.22. The van der Waals surface area contributed by atoms with Crippen LogP contribution >= 0.6 is 0 Å². The van der Waals surface area contributed by atoms with Crippen LogP contribution in [0.3, 0.4) is 0 Å². The number of aromatic nitrogens is 2. The molecule has 0 aliphatic carbocycles. The summed E-state index contributed by atoms with van der Waals surface area (Å²) < 4.78 is 1.51. The second kappa shape index (κ2) is 7.67. The number of carbonyl (C=O) groups is 1. The van der Waals surface area contributed by atoms with Gasteiger partial charge in [-0.3, -0.25) is 9.48 Å². The molecule has 0 bridgehead atoms. The Morgan fingerprint density at radius 1 is 1.41 bits per heavy atom. The highest BCUT2D eigenvalue weighted by atomic mass is 16.2. The van der Waals surface area contributed by atoms with Crippen molar-refractivity contribution in [2.75, 3.05) is 18.9 Å². The molecule has 0 aliphatic heterocycles. The van der Waals surface area contributed by atoms with Gasteiger partial charge in [0.05, 0.1) is 11.9 Å². The summed E-state index contributed by atoms with van der Waals surface area (Å²) in [4.78, 5) is 11.5. The summed E-state index contributed by atoms with van der Waals surface area (Å²) in [6, 6.07) is 0. The van der Waals surface area contributed by atoms with Crippen LogP contribution in [0.4, 0.5) is 5.69 Å². The number of aliphatic hydroxyl groups excluding tert-OH is 1. The molecule has 0 radical (unpaired) electrons. The number of unbranched alkanes of at least 4 members (excludes halogenated alkanes) is 3. The fourth-order valence-electron chi connectivity index (χ4n) is 1.49. The summed E-state index contributed by atoms with van der Waals surface area (Å²) >= 11 is 0. The number of hydrogen-bond donors (Lipinski definition) is 3. The SMILES string of the molecule is Nc1cnn(CC(=O)NCCCCCCO)c1. The zero-order valence-corrected chi connectivity index (χ0v) is 9.93. The van der Waals surface area contributed by atoms with Crippen LogP contribution < -0.4 is 11.1 Å². The minimum Gasteiger partial charge on any atom is -0.396 e. The Morgan fingerprint density at radius 3 is 2.82 bits per heavy atom. The summed E-state index contributed by atoms with van der Waals surface area (Å²) in [6.07, 6.45) is 6.94. The third-order valence-electron chi connectivity index (χ3n) is 2.37. The number of carbonyl (C=O) groups excluding carboxylic acids is 1. The van der Waals surface area contributed by atoms with Gasteiger partial charge in [-0.1, -0.05) is 12.8 Å². The van der Waals surface area contributed by atoms with Crippen LogP contribution in [0.15, 0.2) is 12.4 Å². The third-order valence-corrected chi connectivity index (χ3v) is 2.37. The average Bonchev–Trinajstić information content (AvgIpc) is 2.69. The lowest BCUT2D eigenvalue weighted by molar-refractivity contribution is -0.121. The predicted molar refractivity (Wildman–Crippen MR) is 65.2 cm³/mol. The van der Waals surface area contributed by atoms with Crippen LogP contribution in [0, 0.1) is 0 Å². The molecule has 1 aromatic heterocycles. The molecule has 6 nitrogen and oxygen atoms in total. The standard InChI is InChI=1S/C11H20N4O2/c12-10-7-14-15(8-10)9-11(17)13-5-3-1-2-4-6-16/h7-8,16H,1-6,9,12H2,(H,13,17). The highest BCUT2D eigenvalue weighted by Crippen LogP contribution is 1.98. The number of nitrogens with one attached hydrogen (secondary N) is 1. The van der Waals surface area contributed by atoms with E-state index in [2.05, 4.69) is 10.4 Å². The van der Waals surface area contributed by atoms with Crippen LogP contribution in [-0.4, -0.2) is 33.9 Å². The summed E-state index contributed by atoms with van der Waals surface area (Å²) in [5, 5.41) is 15.3. The quantitative estimate of drug-likeness (QED) is 0.563. The van der Waals surface area contributed by atoms with E-state index in [1.165, 1.54) is 10.9 Å². The van der Waals surface area contributed by atoms with Crippen LogP contribution in [0.5, 0.6) is 0 Å². The Kier molecular flexibility index (Phi) is 6.09. The Bertz CT molecular complexity index is 338. The molecule has 6 heteroatoms. The first-order valence-electron chi connectivity index (χ1n) is 5.88. The van der Waals surface area contributed by atoms with Crippen molar-refractivity contribution in [1.29, 1.82) is 0 Å². The molecule has 0 aromatic carbocycles. The van der Waals surface area contributed by atoms with Gasteiger partial charge in [0.1, 0.15) is 6.54 Å². The van der Waals surface area contributed by atoms with Gasteiger partial charge < -0.3 is 16.2 Å². The average molecular weight is 240 g/mol. The molecule has 0 unspecified atom stereocenters. The Balaban J connectivity index is 2.05. The summed E-state index contributed by atoms with van der Waals surface area (Å²) in [6.45, 7) is 1.11. The smallest absolute Gasteiger partial charge is 0.241 e. The number of hydrogen-bond acceptors (Lipinski definition) is 4. The Labute approximate surface area is 101 Å². The van der Waals surface area contributed by atoms with Gasteiger partial charge in [-0.25, -0.2) is 0 Å². The van der Waals surface area contributed by atoms with Crippen molar-refractivity contribution in [2.24, 2.45) is 0 Å². The molecule has 0 atom stereocenters. The number of aliphatic hydroxyl groups is 1. The maximum absolute atomic E-state index is 11.5. The highest BCUT2D eigenvalue weighted by molar-refractivity contribution is 5.75. The van der Waals surface area contributed by atoms with E-state index in [0.29, 0.717) is 12.2 Å². The second-order valence-electron chi connectivity index (χ2n) is 3.96. The zero-order valence-electron chi connectivity index (χ0n) is 9.93. The van der Waals surface area contributed by atoms with E-state index in [0.717, 1.165) is 25.7 Å². The molecule has 0 fully saturated rings. The molecule has 1 amide bonds. The van der Waals surface area contributed by atoms with E-state index in [4.69, 9.17) is 10.8 Å². The van der Waals surface area contributed by atoms with Gasteiger partial charge in [0.15, 0.2) is 0 Å². The highest BCUT2D eigenvalue weighted by Gasteiger charge is 2.02. The fourth-order valence-corrected chi connectivity index (χ4v) is 1.49. The maximum atomic E-state index is 11.5. The van der Waals surface area contributed by atoms with Crippen LogP contribution in [0.25, 0.3) is 0 Å². The van der Waals surface area contributed by atoms with E-state index in [1.807, 2.05) is 0 Å². The van der Waals surface area contributed by atoms with Gasteiger partial charge in [-0.15, -0.1) is 0 Å². The van der Waals surface area contributed by atoms with Gasteiger partial charge in [-0.05, 0) is 12.8 Å². The van der Waals surface area contributed by atoms with E-state index < -0.39 is 0 Å². The van der Waals surface area contributed by atoms with Crippen molar-refractivity contribution < 1.29 is 9.90 Å². The normalized spacial score (nSPS) is 10.4. The van der Waals surface area contributed by atoms with Crippen molar-refractivity contribution in [2.45, 2.75) is 32.2 Å². The lowest BCUT2D eigenvalue weighted by atomic mass is 10.2. The van der Waals surface area contributed by atoms with Crippen molar-refractivity contribution in [3.63, 3.8) is 0 Å². The first kappa shape index (κ1) is 13.5. The lowest BCUT2D eigenvalue weighted by Gasteiger charge is -2.05. The fraction of sp³-hybridized carbons (Fsp3) is 0.636. The Morgan fingerprint density at radius 2 is 2.18 bits per heavy atom. The minimum atomic E-state index is -0.0599. The van der Waals surface area contributed by atoms with Gasteiger partial charge in [-0.2, -0.15) is 5.10 Å². The molecular weight excluding hydrogens is 220 g/mol. The number of nitrogens with zero attached hydrogens (tertiary/aromatic N) is 2. The lowest BCUT2D eigenvalue weighted by Crippen LogP contribution is -2.28. The predicted octanol–water partition coefficient (Wildman–Crippen LogP) is 0.134. The number of amides is 1. The van der Waals surface area contributed by atoms with E-state index in [9.17, 15) is 4.79 Å². The third kappa shape index (κ3) is 5.91. The van der Waals surface area contributed by atoms with E-state index >= 15 is 0 Å². The molecular formula is C11H20N4O2. The van der Waals surface area contributed by atoms with E-state index in [1.54, 1.807) is 6.20 Å². The molecule has 0 saturated carbocycles. The topological polar surface area (TPSA) is 93.2 Å². The number of rotatable bonds is 8. The summed E-state index contributed by atoms with van der Waals surface area (Å²) in [5.41, 5.74) is 6.04. The molecule has 17 heavy (non-hydrogen) atoms. The molecule has 1 aromatic rings. The number of anilines is 1.